The number of rotatable bonds is 16. The highest BCUT2D eigenvalue weighted by molar-refractivity contribution is 8.93. The standard InChI is InChI=1S/C24H42N4O3.BrH/c1-24(2,3)21-13-11-20(12-14-21)19-26-16-7-6-15-25-17-8-18-27-22(29)9-4-5-10-23(30)28-31;/h11-14,25-26,31H,4-10,15-19H2,1-3H3,(H,27,29)(H,28,30);1H. The van der Waals surface area contributed by atoms with Crippen molar-refractivity contribution in [2.75, 3.05) is 26.2 Å². The molecule has 8 heteroatoms. The van der Waals surface area contributed by atoms with Gasteiger partial charge < -0.3 is 16.0 Å². The number of nitrogens with one attached hydrogen (secondary N) is 4. The van der Waals surface area contributed by atoms with Gasteiger partial charge in [0.1, 0.15) is 0 Å². The van der Waals surface area contributed by atoms with Crippen molar-refractivity contribution in [3.05, 3.63) is 35.4 Å². The first-order chi connectivity index (χ1) is 14.8. The van der Waals surface area contributed by atoms with Crippen molar-refractivity contribution in [3.8, 4) is 0 Å². The highest BCUT2D eigenvalue weighted by Gasteiger charge is 2.12. The summed E-state index contributed by atoms with van der Waals surface area (Å²) in [6, 6.07) is 8.87. The predicted molar refractivity (Wildman–Crippen MR) is 135 cm³/mol. The number of hydrogen-bond donors (Lipinski definition) is 5. The van der Waals surface area contributed by atoms with Crippen molar-refractivity contribution in [1.82, 2.24) is 21.4 Å². The Labute approximate surface area is 204 Å². The normalized spacial score (nSPS) is 11.0. The first-order valence-corrected chi connectivity index (χ1v) is 11.5. The molecule has 0 spiro atoms. The Morgan fingerprint density at radius 2 is 1.34 bits per heavy atom. The molecule has 0 unspecified atom stereocenters. The van der Waals surface area contributed by atoms with Crippen LogP contribution in [0.1, 0.15) is 76.8 Å². The topological polar surface area (TPSA) is 102 Å². The molecular weight excluding hydrogens is 472 g/mol. The smallest absolute Gasteiger partial charge is 0.243 e. The van der Waals surface area contributed by atoms with Gasteiger partial charge in [-0.05, 0) is 68.3 Å². The fourth-order valence-electron chi connectivity index (χ4n) is 3.14. The Balaban J connectivity index is 0.00000961. The molecule has 32 heavy (non-hydrogen) atoms. The molecule has 184 valence electrons. The summed E-state index contributed by atoms with van der Waals surface area (Å²) < 4.78 is 0. The van der Waals surface area contributed by atoms with Gasteiger partial charge in [0.15, 0.2) is 0 Å². The third-order valence-electron chi connectivity index (χ3n) is 5.14. The summed E-state index contributed by atoms with van der Waals surface area (Å²) in [5.74, 6) is -0.392. The van der Waals surface area contributed by atoms with E-state index in [1.807, 2.05) is 0 Å². The molecule has 1 aromatic carbocycles. The molecule has 0 aliphatic heterocycles. The van der Waals surface area contributed by atoms with E-state index in [0.29, 0.717) is 25.8 Å². The Bertz CT molecular complexity index is 633. The molecule has 0 aliphatic rings. The van der Waals surface area contributed by atoms with E-state index in [1.165, 1.54) is 11.1 Å². The van der Waals surface area contributed by atoms with Crippen LogP contribution in [0.25, 0.3) is 0 Å². The van der Waals surface area contributed by atoms with Gasteiger partial charge in [-0.15, -0.1) is 17.0 Å². The lowest BCUT2D eigenvalue weighted by atomic mass is 9.87. The molecule has 7 nitrogen and oxygen atoms in total. The third kappa shape index (κ3) is 15.3. The van der Waals surface area contributed by atoms with E-state index in [9.17, 15) is 9.59 Å². The summed E-state index contributed by atoms with van der Waals surface area (Å²) >= 11 is 0. The molecule has 0 atom stereocenters. The average Bonchev–Trinajstić information content (AvgIpc) is 2.74. The lowest BCUT2D eigenvalue weighted by Crippen LogP contribution is -2.27. The summed E-state index contributed by atoms with van der Waals surface area (Å²) in [7, 11) is 0. The molecule has 1 rings (SSSR count). The van der Waals surface area contributed by atoms with Gasteiger partial charge in [0.2, 0.25) is 11.8 Å². The van der Waals surface area contributed by atoms with Crippen molar-refractivity contribution < 1.29 is 14.8 Å². The van der Waals surface area contributed by atoms with Crippen LogP contribution in [-0.4, -0.2) is 43.2 Å². The van der Waals surface area contributed by atoms with E-state index in [2.05, 4.69) is 61.0 Å². The maximum Gasteiger partial charge on any atom is 0.243 e. The van der Waals surface area contributed by atoms with Gasteiger partial charge in [0, 0.05) is 25.9 Å². The molecule has 0 fully saturated rings. The molecule has 1 aromatic rings. The molecule has 0 radical (unpaired) electrons. The average molecular weight is 516 g/mol. The van der Waals surface area contributed by atoms with Gasteiger partial charge in [0.05, 0.1) is 0 Å². The largest absolute Gasteiger partial charge is 0.356 e. The minimum atomic E-state index is -0.409. The van der Waals surface area contributed by atoms with E-state index in [4.69, 9.17) is 5.21 Å². The lowest BCUT2D eigenvalue weighted by molar-refractivity contribution is -0.129. The Hall–Kier alpha value is -1.48. The monoisotopic (exact) mass is 514 g/mol. The van der Waals surface area contributed by atoms with Crippen LogP contribution in [-0.2, 0) is 21.5 Å². The first-order valence-electron chi connectivity index (χ1n) is 11.5. The number of benzene rings is 1. The van der Waals surface area contributed by atoms with E-state index in [1.54, 1.807) is 5.48 Å². The second kappa shape index (κ2) is 18.0. The van der Waals surface area contributed by atoms with Crippen LogP contribution in [0.2, 0.25) is 0 Å². The molecule has 0 aliphatic carbocycles. The van der Waals surface area contributed by atoms with Crippen molar-refractivity contribution in [2.45, 2.75) is 77.7 Å². The van der Waals surface area contributed by atoms with E-state index in [0.717, 1.165) is 45.4 Å². The minimum absolute atomic E-state index is 0. The summed E-state index contributed by atoms with van der Waals surface area (Å²) in [6.07, 6.45) is 5.07. The first kappa shape index (κ1) is 30.5. The van der Waals surface area contributed by atoms with Crippen LogP contribution in [0.15, 0.2) is 24.3 Å². The highest BCUT2D eigenvalue weighted by Crippen LogP contribution is 2.22. The Morgan fingerprint density at radius 3 is 1.94 bits per heavy atom. The fourth-order valence-corrected chi connectivity index (χ4v) is 3.14. The van der Waals surface area contributed by atoms with Crippen LogP contribution in [0.4, 0.5) is 0 Å². The second-order valence-electron chi connectivity index (χ2n) is 9.03. The summed E-state index contributed by atoms with van der Waals surface area (Å²) in [4.78, 5) is 22.5. The number of halogens is 1. The molecule has 0 saturated carbocycles. The third-order valence-corrected chi connectivity index (χ3v) is 5.14. The number of carbonyl (C=O) groups excluding carboxylic acids is 2. The molecule has 0 aromatic heterocycles. The molecule has 0 bridgehead atoms. The number of hydrogen-bond acceptors (Lipinski definition) is 5. The molecule has 2 amide bonds. The van der Waals surface area contributed by atoms with Crippen molar-refractivity contribution >= 4 is 28.8 Å². The fraction of sp³-hybridized carbons (Fsp3) is 0.667. The summed E-state index contributed by atoms with van der Waals surface area (Å²) in [5.41, 5.74) is 4.48. The second-order valence-corrected chi connectivity index (χ2v) is 9.03. The SMILES string of the molecule is Br.CC(C)(C)c1ccc(CNCCCCNCCCNC(=O)CCCCC(=O)NO)cc1. The maximum atomic E-state index is 11.7. The van der Waals surface area contributed by atoms with Crippen molar-refractivity contribution in [2.24, 2.45) is 0 Å². The predicted octanol–water partition coefficient (Wildman–Crippen LogP) is 3.59. The van der Waals surface area contributed by atoms with E-state index in [-0.39, 0.29) is 34.7 Å². The van der Waals surface area contributed by atoms with Crippen LogP contribution >= 0.6 is 17.0 Å². The van der Waals surface area contributed by atoms with Gasteiger partial charge in [-0.25, -0.2) is 5.48 Å². The Kier molecular flexibility index (Phi) is 17.2. The van der Waals surface area contributed by atoms with Gasteiger partial charge in [-0.1, -0.05) is 45.0 Å². The van der Waals surface area contributed by atoms with Crippen molar-refractivity contribution in [1.29, 1.82) is 0 Å². The summed E-state index contributed by atoms with van der Waals surface area (Å²) in [6.45, 7) is 11.2. The van der Waals surface area contributed by atoms with Gasteiger partial charge in [-0.3, -0.25) is 14.8 Å². The van der Waals surface area contributed by atoms with Crippen molar-refractivity contribution in [3.63, 3.8) is 0 Å². The summed E-state index contributed by atoms with van der Waals surface area (Å²) in [5, 5.41) is 18.2. The van der Waals surface area contributed by atoms with E-state index < -0.39 is 5.91 Å². The van der Waals surface area contributed by atoms with Crippen LogP contribution in [0.5, 0.6) is 0 Å². The van der Waals surface area contributed by atoms with Crippen LogP contribution < -0.4 is 21.4 Å². The van der Waals surface area contributed by atoms with Gasteiger partial charge in [0.25, 0.3) is 0 Å². The van der Waals surface area contributed by atoms with Crippen LogP contribution in [0, 0.1) is 0 Å². The number of unbranched alkanes of at least 4 members (excludes halogenated alkanes) is 2. The maximum absolute atomic E-state index is 11.7. The zero-order valence-corrected chi connectivity index (χ0v) is 21.7. The quantitative estimate of drug-likeness (QED) is 0.132. The van der Waals surface area contributed by atoms with Crippen LogP contribution in [0.3, 0.4) is 0 Å². The zero-order valence-electron chi connectivity index (χ0n) is 20.0. The van der Waals surface area contributed by atoms with Gasteiger partial charge >= 0.3 is 0 Å². The van der Waals surface area contributed by atoms with E-state index >= 15 is 0 Å². The molecule has 0 heterocycles. The molecule has 0 saturated heterocycles. The molecule has 5 N–H and O–H groups in total. The Morgan fingerprint density at radius 1 is 0.781 bits per heavy atom. The zero-order chi connectivity index (χ0) is 23.0. The number of amides is 2. The minimum Gasteiger partial charge on any atom is -0.356 e. The number of hydroxylamine groups is 1. The molecular formula is C24H43BrN4O3. The van der Waals surface area contributed by atoms with Gasteiger partial charge in [-0.2, -0.15) is 0 Å². The lowest BCUT2D eigenvalue weighted by Gasteiger charge is -2.19. The highest BCUT2D eigenvalue weighted by atomic mass is 79.9. The number of carbonyl (C=O) groups is 2.